The molecule has 1 aliphatic heterocycles. The Bertz CT molecular complexity index is 1210. The second-order valence-corrected chi connectivity index (χ2v) is 7.96. The first-order chi connectivity index (χ1) is 16.2. The molecule has 0 atom stereocenters. The summed E-state index contributed by atoms with van der Waals surface area (Å²) in [6.07, 6.45) is 2.50. The van der Waals surface area contributed by atoms with Crippen molar-refractivity contribution < 1.29 is 9.47 Å². The average Bonchev–Trinajstić information content (AvgIpc) is 3.45. The molecule has 1 saturated heterocycles. The van der Waals surface area contributed by atoms with Crippen LogP contribution in [0.1, 0.15) is 11.4 Å². The molecule has 4 heterocycles. The second kappa shape index (κ2) is 9.41. The number of nitrogens with zero attached hydrogens (tertiary/aromatic N) is 7. The van der Waals surface area contributed by atoms with Gasteiger partial charge in [-0.1, -0.05) is 30.3 Å². The summed E-state index contributed by atoms with van der Waals surface area (Å²) >= 11 is 0. The van der Waals surface area contributed by atoms with Crippen molar-refractivity contribution in [2.24, 2.45) is 7.05 Å². The molecule has 0 aliphatic carbocycles. The lowest BCUT2D eigenvalue weighted by Crippen LogP contribution is -2.37. The van der Waals surface area contributed by atoms with Crippen LogP contribution in [0.4, 0.5) is 5.82 Å². The Morgan fingerprint density at radius 1 is 1.00 bits per heavy atom. The fourth-order valence-corrected chi connectivity index (χ4v) is 3.88. The van der Waals surface area contributed by atoms with Crippen LogP contribution in [-0.2, 0) is 18.2 Å². The van der Waals surface area contributed by atoms with Crippen LogP contribution in [-0.4, -0.2) is 62.4 Å². The number of hydrogen-bond donors (Lipinski definition) is 0. The van der Waals surface area contributed by atoms with Gasteiger partial charge in [0, 0.05) is 55.8 Å². The molecule has 1 aliphatic rings. The minimum atomic E-state index is 0.340. The highest BCUT2D eigenvalue weighted by Gasteiger charge is 2.18. The zero-order chi connectivity index (χ0) is 22.6. The molecule has 1 fully saturated rings. The van der Waals surface area contributed by atoms with Crippen LogP contribution in [0.5, 0.6) is 6.01 Å². The van der Waals surface area contributed by atoms with Crippen LogP contribution < -0.4 is 9.64 Å². The van der Waals surface area contributed by atoms with Gasteiger partial charge in [0.15, 0.2) is 5.82 Å². The van der Waals surface area contributed by atoms with Crippen molar-refractivity contribution in [1.29, 1.82) is 0 Å². The van der Waals surface area contributed by atoms with Gasteiger partial charge in [-0.3, -0.25) is 4.68 Å². The minimum absolute atomic E-state index is 0.340. The van der Waals surface area contributed by atoms with Crippen molar-refractivity contribution in [3.8, 4) is 23.1 Å². The summed E-state index contributed by atoms with van der Waals surface area (Å²) in [5.41, 5.74) is 4.05. The maximum Gasteiger partial charge on any atom is 0.320 e. The Kier molecular flexibility index (Phi) is 6.03. The fourth-order valence-electron chi connectivity index (χ4n) is 3.88. The van der Waals surface area contributed by atoms with Gasteiger partial charge in [-0.05, 0) is 19.1 Å². The topological polar surface area (TPSA) is 83.1 Å². The summed E-state index contributed by atoms with van der Waals surface area (Å²) in [5, 5.41) is 9.03. The van der Waals surface area contributed by atoms with E-state index in [0.29, 0.717) is 31.6 Å². The third kappa shape index (κ3) is 4.73. The molecular weight excluding hydrogens is 418 g/mol. The monoisotopic (exact) mass is 445 g/mol. The molecule has 4 aromatic rings. The highest BCUT2D eigenvalue weighted by atomic mass is 16.5. The minimum Gasteiger partial charge on any atom is -0.463 e. The van der Waals surface area contributed by atoms with Gasteiger partial charge in [0.2, 0.25) is 0 Å². The molecule has 0 spiro atoms. The molecule has 0 bridgehead atoms. The highest BCUT2D eigenvalue weighted by molar-refractivity contribution is 5.60. The molecule has 1 aromatic carbocycles. The Morgan fingerprint density at radius 2 is 1.79 bits per heavy atom. The summed E-state index contributed by atoms with van der Waals surface area (Å²) in [7, 11) is 1.92. The molecule has 170 valence electrons. The number of morpholine rings is 1. The zero-order valence-corrected chi connectivity index (χ0v) is 18.9. The summed E-state index contributed by atoms with van der Waals surface area (Å²) in [4.78, 5) is 11.6. The number of ether oxygens (including phenoxy) is 2. The van der Waals surface area contributed by atoms with E-state index in [1.54, 1.807) is 6.20 Å². The van der Waals surface area contributed by atoms with Gasteiger partial charge in [-0.15, -0.1) is 0 Å². The van der Waals surface area contributed by atoms with Gasteiger partial charge in [-0.2, -0.15) is 20.2 Å². The Hall–Kier alpha value is -3.72. The van der Waals surface area contributed by atoms with Crippen molar-refractivity contribution in [1.82, 2.24) is 29.5 Å². The Labute approximate surface area is 192 Å². The predicted octanol–water partition coefficient (Wildman–Crippen LogP) is 2.83. The molecule has 5 rings (SSSR count). The van der Waals surface area contributed by atoms with Crippen molar-refractivity contribution in [2.75, 3.05) is 37.8 Å². The first-order valence-electron chi connectivity index (χ1n) is 11.1. The number of aromatic nitrogens is 6. The van der Waals surface area contributed by atoms with E-state index in [1.165, 1.54) is 0 Å². The zero-order valence-electron chi connectivity index (χ0n) is 18.9. The maximum atomic E-state index is 6.00. The van der Waals surface area contributed by atoms with Gasteiger partial charge < -0.3 is 14.4 Å². The van der Waals surface area contributed by atoms with E-state index in [0.717, 1.165) is 48.0 Å². The number of hydrogen-bond acceptors (Lipinski definition) is 7. The van der Waals surface area contributed by atoms with Crippen LogP contribution in [0.15, 0.2) is 54.7 Å². The van der Waals surface area contributed by atoms with Crippen LogP contribution in [0.3, 0.4) is 0 Å². The van der Waals surface area contributed by atoms with Crippen LogP contribution in [0.25, 0.3) is 17.1 Å². The lowest BCUT2D eigenvalue weighted by atomic mass is 10.1. The molecule has 9 nitrogen and oxygen atoms in total. The maximum absolute atomic E-state index is 6.00. The Balaban J connectivity index is 1.45. The van der Waals surface area contributed by atoms with Crippen molar-refractivity contribution in [3.63, 3.8) is 0 Å². The van der Waals surface area contributed by atoms with E-state index in [-0.39, 0.29) is 0 Å². The summed E-state index contributed by atoms with van der Waals surface area (Å²) in [6.45, 7) is 5.39. The number of benzene rings is 1. The predicted molar refractivity (Wildman–Crippen MR) is 125 cm³/mol. The van der Waals surface area contributed by atoms with Crippen LogP contribution >= 0.6 is 0 Å². The van der Waals surface area contributed by atoms with E-state index in [9.17, 15) is 0 Å². The number of anilines is 1. The third-order valence-corrected chi connectivity index (χ3v) is 5.70. The average molecular weight is 446 g/mol. The van der Waals surface area contributed by atoms with Crippen LogP contribution in [0, 0.1) is 6.92 Å². The van der Waals surface area contributed by atoms with Crippen molar-refractivity contribution in [2.45, 2.75) is 13.3 Å². The molecule has 33 heavy (non-hydrogen) atoms. The van der Waals surface area contributed by atoms with E-state index >= 15 is 0 Å². The SMILES string of the molecule is Cc1cc(-c2ccccc2)nn1-c1cc(N2CCOCC2)nc(OCCc2ccnn2C)n1. The standard InChI is InChI=1S/C24H27N7O2/c1-18-16-21(19-6-4-3-5-7-19)28-31(18)23-17-22(30-11-14-32-15-12-30)26-24(27-23)33-13-9-20-8-10-25-29(20)2/h3-8,10,16-17H,9,11-15H2,1-2H3. The van der Waals surface area contributed by atoms with Crippen LogP contribution in [0.2, 0.25) is 0 Å². The van der Waals surface area contributed by atoms with Gasteiger partial charge in [0.25, 0.3) is 0 Å². The van der Waals surface area contributed by atoms with Gasteiger partial charge in [0.1, 0.15) is 5.82 Å². The third-order valence-electron chi connectivity index (χ3n) is 5.70. The number of aryl methyl sites for hydroxylation is 2. The first-order valence-corrected chi connectivity index (χ1v) is 11.1. The molecule has 0 amide bonds. The highest BCUT2D eigenvalue weighted by Crippen LogP contribution is 2.24. The van der Waals surface area contributed by atoms with E-state index in [1.807, 2.05) is 53.7 Å². The van der Waals surface area contributed by atoms with Gasteiger partial charge >= 0.3 is 6.01 Å². The van der Waals surface area contributed by atoms with E-state index in [2.05, 4.69) is 28.2 Å². The van der Waals surface area contributed by atoms with Crippen molar-refractivity contribution in [3.05, 3.63) is 66.1 Å². The molecule has 0 unspecified atom stereocenters. The molecular formula is C24H27N7O2. The van der Waals surface area contributed by atoms with Crippen molar-refractivity contribution >= 4 is 5.82 Å². The molecule has 0 N–H and O–H groups in total. The van der Waals surface area contributed by atoms with E-state index < -0.39 is 0 Å². The lowest BCUT2D eigenvalue weighted by Gasteiger charge is -2.28. The first kappa shape index (κ1) is 21.1. The normalized spacial score (nSPS) is 13.9. The number of rotatable bonds is 7. The van der Waals surface area contributed by atoms with E-state index in [4.69, 9.17) is 24.5 Å². The molecule has 3 aromatic heterocycles. The smallest absolute Gasteiger partial charge is 0.320 e. The van der Waals surface area contributed by atoms with Gasteiger partial charge in [0.05, 0.1) is 25.5 Å². The largest absolute Gasteiger partial charge is 0.463 e. The molecule has 0 radical (unpaired) electrons. The Morgan fingerprint density at radius 3 is 2.55 bits per heavy atom. The fraction of sp³-hybridized carbons (Fsp3) is 0.333. The summed E-state index contributed by atoms with van der Waals surface area (Å²) in [5.74, 6) is 1.50. The molecule has 0 saturated carbocycles. The van der Waals surface area contributed by atoms with Gasteiger partial charge in [-0.25, -0.2) is 4.68 Å². The quantitative estimate of drug-likeness (QED) is 0.433. The summed E-state index contributed by atoms with van der Waals surface area (Å²) < 4.78 is 15.2. The molecule has 9 heteroatoms. The summed E-state index contributed by atoms with van der Waals surface area (Å²) in [6, 6.07) is 16.5. The second-order valence-electron chi connectivity index (χ2n) is 7.96. The lowest BCUT2D eigenvalue weighted by molar-refractivity contribution is 0.122.